The van der Waals surface area contributed by atoms with E-state index in [-0.39, 0.29) is 5.91 Å². The highest BCUT2D eigenvalue weighted by molar-refractivity contribution is 6.04. The number of aryl methyl sites for hydroxylation is 1. The lowest BCUT2D eigenvalue weighted by Gasteiger charge is -2.09. The molecule has 0 aliphatic carbocycles. The Bertz CT molecular complexity index is 1370. The van der Waals surface area contributed by atoms with Gasteiger partial charge in [0.1, 0.15) is 0 Å². The summed E-state index contributed by atoms with van der Waals surface area (Å²) in [6, 6.07) is 37.7. The molecule has 1 N–H and O–H groups in total. The second-order valence-corrected chi connectivity index (χ2v) is 7.93. The van der Waals surface area contributed by atoms with Gasteiger partial charge in [0.05, 0.1) is 17.1 Å². The van der Waals surface area contributed by atoms with Gasteiger partial charge in [-0.2, -0.15) is 5.10 Å². The molecule has 4 nitrogen and oxygen atoms in total. The Labute approximate surface area is 193 Å². The Morgan fingerprint density at radius 1 is 0.727 bits per heavy atom. The van der Waals surface area contributed by atoms with Crippen molar-refractivity contribution in [1.82, 2.24) is 9.78 Å². The van der Waals surface area contributed by atoms with E-state index in [1.54, 1.807) is 0 Å². The highest BCUT2D eigenvalue weighted by atomic mass is 16.1. The van der Waals surface area contributed by atoms with Crippen LogP contribution in [-0.2, 0) is 0 Å². The van der Waals surface area contributed by atoms with E-state index < -0.39 is 0 Å². The van der Waals surface area contributed by atoms with Crippen LogP contribution in [0.15, 0.2) is 115 Å². The van der Waals surface area contributed by atoms with Gasteiger partial charge >= 0.3 is 0 Å². The summed E-state index contributed by atoms with van der Waals surface area (Å²) in [6.07, 6.45) is 0. The van der Waals surface area contributed by atoms with Gasteiger partial charge in [-0.05, 0) is 49.4 Å². The van der Waals surface area contributed by atoms with Crippen LogP contribution in [0.2, 0.25) is 0 Å². The van der Waals surface area contributed by atoms with Crippen LogP contribution in [0.4, 0.5) is 5.69 Å². The molecular formula is C29H23N3O. The zero-order valence-electron chi connectivity index (χ0n) is 18.3. The quantitative estimate of drug-likeness (QED) is 0.335. The van der Waals surface area contributed by atoms with E-state index in [9.17, 15) is 4.79 Å². The first-order chi connectivity index (χ1) is 16.2. The van der Waals surface area contributed by atoms with Crippen molar-refractivity contribution in [3.8, 4) is 28.2 Å². The molecule has 0 unspecified atom stereocenters. The molecule has 0 aliphatic heterocycles. The second-order valence-electron chi connectivity index (χ2n) is 7.93. The molecule has 4 aromatic carbocycles. The molecule has 0 saturated carbocycles. The molecule has 0 bridgehead atoms. The van der Waals surface area contributed by atoms with Crippen LogP contribution < -0.4 is 5.32 Å². The number of hydrogen-bond donors (Lipinski definition) is 1. The number of amides is 1. The molecular weight excluding hydrogens is 406 g/mol. The van der Waals surface area contributed by atoms with Crippen LogP contribution in [0.3, 0.4) is 0 Å². The molecule has 1 heterocycles. The summed E-state index contributed by atoms with van der Waals surface area (Å²) < 4.78 is 1.93. The number of hydrogen-bond acceptors (Lipinski definition) is 2. The lowest BCUT2D eigenvalue weighted by molar-refractivity contribution is 0.102. The van der Waals surface area contributed by atoms with Gasteiger partial charge < -0.3 is 5.32 Å². The normalized spacial score (nSPS) is 10.7. The molecule has 0 spiro atoms. The minimum absolute atomic E-state index is 0.140. The van der Waals surface area contributed by atoms with Crippen LogP contribution in [0, 0.1) is 6.92 Å². The van der Waals surface area contributed by atoms with Crippen molar-refractivity contribution in [2.75, 3.05) is 5.32 Å². The fourth-order valence-electron chi connectivity index (χ4n) is 3.74. The van der Waals surface area contributed by atoms with Crippen molar-refractivity contribution in [2.45, 2.75) is 6.92 Å². The molecule has 160 valence electrons. The summed E-state index contributed by atoms with van der Waals surface area (Å²) in [6.45, 7) is 2.02. The standard InChI is InChI=1S/C29H23N3O/c1-21-12-16-25(17-13-21)30-29(33)24-14-18-26(19-15-24)32-28(23-10-6-3-7-11-23)20-27(31-32)22-8-4-2-5-9-22/h2-20H,1H3,(H,30,33). The number of carbonyl (C=O) groups excluding carboxylic acids is 1. The number of anilines is 1. The Hall–Kier alpha value is -4.44. The second kappa shape index (κ2) is 8.97. The molecule has 33 heavy (non-hydrogen) atoms. The van der Waals surface area contributed by atoms with E-state index in [0.29, 0.717) is 5.56 Å². The third-order valence-corrected chi connectivity index (χ3v) is 5.53. The fraction of sp³-hybridized carbons (Fsp3) is 0.0345. The molecule has 5 rings (SSSR count). The molecule has 1 aromatic heterocycles. The summed E-state index contributed by atoms with van der Waals surface area (Å²) in [7, 11) is 0. The Balaban J connectivity index is 1.47. The number of nitrogens with one attached hydrogen (secondary N) is 1. The van der Waals surface area contributed by atoms with E-state index in [2.05, 4.69) is 35.6 Å². The van der Waals surface area contributed by atoms with Crippen molar-refractivity contribution in [2.24, 2.45) is 0 Å². The van der Waals surface area contributed by atoms with Crippen molar-refractivity contribution in [1.29, 1.82) is 0 Å². The topological polar surface area (TPSA) is 46.9 Å². The maximum Gasteiger partial charge on any atom is 0.255 e. The van der Waals surface area contributed by atoms with E-state index in [1.807, 2.05) is 96.5 Å². The zero-order chi connectivity index (χ0) is 22.6. The molecule has 0 atom stereocenters. The number of aromatic nitrogens is 2. The SMILES string of the molecule is Cc1ccc(NC(=O)c2ccc(-n3nc(-c4ccccc4)cc3-c3ccccc3)cc2)cc1. The summed E-state index contributed by atoms with van der Waals surface area (Å²) in [4.78, 5) is 12.7. The maximum absolute atomic E-state index is 12.7. The van der Waals surface area contributed by atoms with Crippen LogP contribution in [0.5, 0.6) is 0 Å². The van der Waals surface area contributed by atoms with E-state index in [0.717, 1.165) is 39.5 Å². The van der Waals surface area contributed by atoms with E-state index in [4.69, 9.17) is 5.10 Å². The van der Waals surface area contributed by atoms with Crippen LogP contribution in [0.25, 0.3) is 28.2 Å². The predicted molar refractivity (Wildman–Crippen MR) is 134 cm³/mol. The molecule has 1 amide bonds. The van der Waals surface area contributed by atoms with Crippen LogP contribution in [-0.4, -0.2) is 15.7 Å². The zero-order valence-corrected chi connectivity index (χ0v) is 18.3. The Morgan fingerprint density at radius 2 is 1.33 bits per heavy atom. The third kappa shape index (κ3) is 4.46. The van der Waals surface area contributed by atoms with Gasteiger partial charge in [-0.25, -0.2) is 4.68 Å². The first-order valence-electron chi connectivity index (χ1n) is 10.9. The summed E-state index contributed by atoms with van der Waals surface area (Å²) in [5.41, 5.74) is 7.44. The molecule has 4 heteroatoms. The van der Waals surface area contributed by atoms with Gasteiger partial charge in [0.15, 0.2) is 0 Å². The number of nitrogens with zero attached hydrogens (tertiary/aromatic N) is 2. The van der Waals surface area contributed by atoms with Gasteiger partial charge in [0.25, 0.3) is 5.91 Å². The van der Waals surface area contributed by atoms with Crippen molar-refractivity contribution in [3.63, 3.8) is 0 Å². The summed E-state index contributed by atoms with van der Waals surface area (Å²) in [5, 5.41) is 7.84. The smallest absolute Gasteiger partial charge is 0.255 e. The number of benzene rings is 4. The lowest BCUT2D eigenvalue weighted by Crippen LogP contribution is -2.12. The predicted octanol–water partition coefficient (Wildman–Crippen LogP) is 6.77. The number of carbonyl (C=O) groups is 1. The highest BCUT2D eigenvalue weighted by Crippen LogP contribution is 2.28. The van der Waals surface area contributed by atoms with Gasteiger partial charge in [0.2, 0.25) is 0 Å². The van der Waals surface area contributed by atoms with Gasteiger partial charge in [-0.3, -0.25) is 4.79 Å². The third-order valence-electron chi connectivity index (χ3n) is 5.53. The minimum atomic E-state index is -0.140. The van der Waals surface area contributed by atoms with Crippen molar-refractivity contribution >= 4 is 11.6 Å². The van der Waals surface area contributed by atoms with E-state index in [1.165, 1.54) is 0 Å². The van der Waals surface area contributed by atoms with Crippen molar-refractivity contribution in [3.05, 3.63) is 126 Å². The van der Waals surface area contributed by atoms with Gasteiger partial charge in [-0.1, -0.05) is 78.4 Å². The van der Waals surface area contributed by atoms with Crippen molar-refractivity contribution < 1.29 is 4.79 Å². The largest absolute Gasteiger partial charge is 0.322 e. The molecule has 0 aliphatic rings. The average Bonchev–Trinajstić information content (AvgIpc) is 3.32. The van der Waals surface area contributed by atoms with Crippen LogP contribution in [0.1, 0.15) is 15.9 Å². The Kier molecular flexibility index (Phi) is 5.56. The Morgan fingerprint density at radius 3 is 1.97 bits per heavy atom. The fourth-order valence-corrected chi connectivity index (χ4v) is 3.74. The van der Waals surface area contributed by atoms with Gasteiger partial charge in [-0.15, -0.1) is 0 Å². The van der Waals surface area contributed by atoms with E-state index >= 15 is 0 Å². The number of rotatable bonds is 5. The first kappa shape index (κ1) is 20.5. The molecule has 0 saturated heterocycles. The first-order valence-corrected chi connectivity index (χ1v) is 10.9. The highest BCUT2D eigenvalue weighted by Gasteiger charge is 2.14. The summed E-state index contributed by atoms with van der Waals surface area (Å²) >= 11 is 0. The van der Waals surface area contributed by atoms with Gasteiger partial charge in [0, 0.05) is 22.4 Å². The summed E-state index contributed by atoms with van der Waals surface area (Å²) in [5.74, 6) is -0.140. The average molecular weight is 430 g/mol. The molecule has 0 fully saturated rings. The minimum Gasteiger partial charge on any atom is -0.322 e. The molecule has 5 aromatic rings. The molecule has 0 radical (unpaired) electrons. The maximum atomic E-state index is 12.7. The lowest BCUT2D eigenvalue weighted by atomic mass is 10.1. The van der Waals surface area contributed by atoms with Crippen LogP contribution >= 0.6 is 0 Å². The monoisotopic (exact) mass is 429 g/mol.